The fourth-order valence-electron chi connectivity index (χ4n) is 3.58. The largest absolute Gasteiger partial charge is 0.368 e. The summed E-state index contributed by atoms with van der Waals surface area (Å²) in [4.78, 5) is 19.7. The third-order valence-electron chi connectivity index (χ3n) is 5.23. The predicted molar refractivity (Wildman–Crippen MR) is 125 cm³/mol. The van der Waals surface area contributed by atoms with E-state index in [-0.39, 0.29) is 17.4 Å². The van der Waals surface area contributed by atoms with Crippen molar-refractivity contribution in [3.63, 3.8) is 0 Å². The first-order chi connectivity index (χ1) is 14.3. The van der Waals surface area contributed by atoms with Crippen LogP contribution in [-0.2, 0) is 0 Å². The fraction of sp³-hybridized carbons (Fsp3) is 0.280. The van der Waals surface area contributed by atoms with Crippen LogP contribution < -0.4 is 5.32 Å². The molecule has 0 fully saturated rings. The smallest absolute Gasteiger partial charge is 0.254 e. The lowest BCUT2D eigenvalue weighted by atomic mass is 9.85. The molecule has 30 heavy (non-hydrogen) atoms. The van der Waals surface area contributed by atoms with Crippen molar-refractivity contribution in [2.24, 2.45) is 5.41 Å². The van der Waals surface area contributed by atoms with Gasteiger partial charge in [0.25, 0.3) is 5.91 Å². The average Bonchev–Trinajstić information content (AvgIpc) is 2.74. The minimum absolute atomic E-state index is 0.000225. The summed E-state index contributed by atoms with van der Waals surface area (Å²) in [7, 11) is 1.87. The number of carbonyl (C=O) groups excluding carboxylic acids is 1. The molecule has 1 aromatic heterocycles. The normalized spacial score (nSPS) is 12.3. The van der Waals surface area contributed by atoms with Gasteiger partial charge in [-0.3, -0.25) is 4.79 Å². The lowest BCUT2D eigenvalue weighted by Crippen LogP contribution is -2.49. The Morgan fingerprint density at radius 2 is 1.70 bits per heavy atom. The van der Waals surface area contributed by atoms with E-state index in [4.69, 9.17) is 11.6 Å². The Morgan fingerprint density at radius 1 is 1.03 bits per heavy atom. The minimum Gasteiger partial charge on any atom is -0.368 e. The van der Waals surface area contributed by atoms with Crippen LogP contribution >= 0.6 is 11.6 Å². The zero-order chi connectivity index (χ0) is 21.7. The van der Waals surface area contributed by atoms with Crippen LogP contribution in [0.2, 0.25) is 5.02 Å². The zero-order valence-corrected chi connectivity index (χ0v) is 18.6. The van der Waals surface area contributed by atoms with Crippen molar-refractivity contribution in [3.8, 4) is 11.1 Å². The van der Waals surface area contributed by atoms with Crippen LogP contribution in [0.1, 0.15) is 31.1 Å². The number of anilines is 1. The number of nitrogens with one attached hydrogen (secondary N) is 1. The van der Waals surface area contributed by atoms with Gasteiger partial charge in [0.05, 0.1) is 11.1 Å². The van der Waals surface area contributed by atoms with Crippen molar-refractivity contribution in [2.75, 3.05) is 18.9 Å². The predicted octanol–water partition coefficient (Wildman–Crippen LogP) is 6.00. The summed E-state index contributed by atoms with van der Waals surface area (Å²) in [6, 6.07) is 21.4. The number of pyridine rings is 1. The zero-order valence-electron chi connectivity index (χ0n) is 17.9. The Hall–Kier alpha value is -2.85. The highest BCUT2D eigenvalue weighted by Crippen LogP contribution is 2.29. The molecule has 3 aromatic rings. The molecule has 0 aliphatic heterocycles. The van der Waals surface area contributed by atoms with Crippen molar-refractivity contribution in [2.45, 2.75) is 26.8 Å². The Labute approximate surface area is 183 Å². The van der Waals surface area contributed by atoms with E-state index in [1.54, 1.807) is 12.3 Å². The molecule has 0 aliphatic rings. The maximum absolute atomic E-state index is 13.5. The molecule has 5 heteroatoms. The first kappa shape index (κ1) is 21.8. The second-order valence-corrected chi connectivity index (χ2v) is 8.89. The van der Waals surface area contributed by atoms with Crippen LogP contribution in [0.5, 0.6) is 0 Å². The highest BCUT2D eigenvalue weighted by atomic mass is 35.5. The summed E-state index contributed by atoms with van der Waals surface area (Å²) in [5.41, 5.74) is 2.54. The number of amides is 1. The van der Waals surface area contributed by atoms with E-state index in [0.717, 1.165) is 16.9 Å². The molecule has 3 rings (SSSR count). The first-order valence-corrected chi connectivity index (χ1v) is 10.4. The number of nitrogens with zero attached hydrogens (tertiary/aromatic N) is 2. The van der Waals surface area contributed by atoms with E-state index in [1.165, 1.54) is 0 Å². The molecule has 0 saturated heterocycles. The lowest BCUT2D eigenvalue weighted by Gasteiger charge is -2.38. The summed E-state index contributed by atoms with van der Waals surface area (Å²) >= 11 is 5.93. The Kier molecular flexibility index (Phi) is 6.78. The fourth-order valence-corrected chi connectivity index (χ4v) is 3.69. The second-order valence-electron chi connectivity index (χ2n) is 8.45. The number of halogens is 1. The quantitative estimate of drug-likeness (QED) is 0.530. The molecule has 0 unspecified atom stereocenters. The van der Waals surface area contributed by atoms with Gasteiger partial charge < -0.3 is 10.2 Å². The van der Waals surface area contributed by atoms with Gasteiger partial charge in [0.1, 0.15) is 5.82 Å². The van der Waals surface area contributed by atoms with Crippen molar-refractivity contribution in [3.05, 3.63) is 83.5 Å². The van der Waals surface area contributed by atoms with Crippen LogP contribution in [0.15, 0.2) is 72.9 Å². The van der Waals surface area contributed by atoms with Crippen LogP contribution in [0.25, 0.3) is 11.1 Å². The number of rotatable bonds is 6. The average molecular weight is 422 g/mol. The third-order valence-corrected chi connectivity index (χ3v) is 5.46. The Morgan fingerprint density at radius 3 is 2.33 bits per heavy atom. The van der Waals surface area contributed by atoms with Gasteiger partial charge in [-0.2, -0.15) is 0 Å². The van der Waals surface area contributed by atoms with Crippen LogP contribution in [0, 0.1) is 5.41 Å². The minimum atomic E-state index is -0.133. The summed E-state index contributed by atoms with van der Waals surface area (Å²) < 4.78 is 0. The number of aromatic nitrogens is 1. The number of hydrogen-bond acceptors (Lipinski definition) is 3. The third kappa shape index (κ3) is 5.19. The summed E-state index contributed by atoms with van der Waals surface area (Å²) in [5, 5.41) is 3.94. The number of carbonyl (C=O) groups is 1. The van der Waals surface area contributed by atoms with Crippen molar-refractivity contribution >= 4 is 23.3 Å². The van der Waals surface area contributed by atoms with Gasteiger partial charge in [0.2, 0.25) is 0 Å². The molecule has 0 radical (unpaired) electrons. The highest BCUT2D eigenvalue weighted by Gasteiger charge is 2.32. The van der Waals surface area contributed by atoms with Gasteiger partial charge in [-0.1, -0.05) is 80.9 Å². The van der Waals surface area contributed by atoms with Gasteiger partial charge in [0.15, 0.2) is 0 Å². The van der Waals surface area contributed by atoms with E-state index in [0.29, 0.717) is 17.1 Å². The summed E-state index contributed by atoms with van der Waals surface area (Å²) in [6.07, 6.45) is 1.61. The molecule has 4 nitrogen and oxygen atoms in total. The molecule has 1 heterocycles. The van der Waals surface area contributed by atoms with E-state index in [1.807, 2.05) is 72.6 Å². The van der Waals surface area contributed by atoms with E-state index < -0.39 is 0 Å². The molecule has 0 aliphatic carbocycles. The molecule has 1 amide bonds. The van der Waals surface area contributed by atoms with Crippen LogP contribution in [0.4, 0.5) is 5.82 Å². The molecule has 0 saturated carbocycles. The Balaban J connectivity index is 1.85. The summed E-state index contributed by atoms with van der Waals surface area (Å²) in [5.74, 6) is 0.736. The standard InChI is InChI=1S/C25H28ClN3O/c1-25(2,3)22(17-28-23-15-14-19(26)16-27-23)29(4)24(30)21-13-9-8-12-20(21)18-10-6-5-7-11-18/h5-16,22H,17H2,1-4H3,(H,27,28)/t22-/m1/s1. The van der Waals surface area contributed by atoms with E-state index in [2.05, 4.69) is 31.1 Å². The number of hydrogen-bond donors (Lipinski definition) is 1. The van der Waals surface area contributed by atoms with Gasteiger partial charge in [-0.05, 0) is 34.7 Å². The molecule has 1 atom stereocenters. The second kappa shape index (κ2) is 9.31. The molecule has 2 aromatic carbocycles. The molecule has 156 valence electrons. The van der Waals surface area contributed by atoms with Crippen LogP contribution in [-0.4, -0.2) is 35.4 Å². The highest BCUT2D eigenvalue weighted by molar-refractivity contribution is 6.30. The van der Waals surface area contributed by atoms with Gasteiger partial charge in [0, 0.05) is 25.4 Å². The van der Waals surface area contributed by atoms with E-state index in [9.17, 15) is 4.79 Å². The number of benzene rings is 2. The molecule has 1 N–H and O–H groups in total. The van der Waals surface area contributed by atoms with Crippen molar-refractivity contribution < 1.29 is 4.79 Å². The first-order valence-electron chi connectivity index (χ1n) is 10.0. The van der Waals surface area contributed by atoms with Crippen molar-refractivity contribution in [1.82, 2.24) is 9.88 Å². The molecular weight excluding hydrogens is 394 g/mol. The van der Waals surface area contributed by atoms with Gasteiger partial charge >= 0.3 is 0 Å². The number of likely N-dealkylation sites (N-methyl/N-ethyl adjacent to an activating group) is 1. The topological polar surface area (TPSA) is 45.2 Å². The maximum atomic E-state index is 13.5. The SMILES string of the molecule is CN(C(=O)c1ccccc1-c1ccccc1)[C@H](CNc1ccc(Cl)cn1)C(C)(C)C. The van der Waals surface area contributed by atoms with Gasteiger partial charge in [-0.25, -0.2) is 4.98 Å². The molecular formula is C25H28ClN3O. The van der Waals surface area contributed by atoms with Crippen LogP contribution in [0.3, 0.4) is 0 Å². The van der Waals surface area contributed by atoms with Gasteiger partial charge in [-0.15, -0.1) is 0 Å². The summed E-state index contributed by atoms with van der Waals surface area (Å²) in [6.45, 7) is 7.00. The molecule has 0 bridgehead atoms. The van der Waals surface area contributed by atoms with E-state index >= 15 is 0 Å². The monoisotopic (exact) mass is 421 g/mol. The lowest BCUT2D eigenvalue weighted by molar-refractivity contribution is 0.0619. The maximum Gasteiger partial charge on any atom is 0.254 e. The Bertz CT molecular complexity index is 981. The van der Waals surface area contributed by atoms with Crippen molar-refractivity contribution in [1.29, 1.82) is 0 Å². The molecule has 0 spiro atoms.